The third-order valence-corrected chi connectivity index (χ3v) is 2.96. The van der Waals surface area contributed by atoms with E-state index in [4.69, 9.17) is 23.8 Å². The van der Waals surface area contributed by atoms with Gasteiger partial charge in [-0.3, -0.25) is 0 Å². The first kappa shape index (κ1) is 10.3. The van der Waals surface area contributed by atoms with Crippen LogP contribution in [0, 0.1) is 12.3 Å². The Hall–Kier alpha value is -0.780. The number of hydrogen-bond acceptors (Lipinski definition) is 2. The zero-order valence-corrected chi connectivity index (χ0v) is 8.66. The molecular weight excluding hydrogens is 202 g/mol. The van der Waals surface area contributed by atoms with Gasteiger partial charge in [-0.2, -0.15) is 0 Å². The number of nitrogens with two attached hydrogens (primary N) is 1. The van der Waals surface area contributed by atoms with Gasteiger partial charge in [0.15, 0.2) is 0 Å². The van der Waals surface area contributed by atoms with Crippen LogP contribution in [0.15, 0.2) is 23.1 Å². The molecule has 0 saturated carbocycles. The Balaban J connectivity index is 2.62. The minimum Gasteiger partial charge on any atom is -0.399 e. The van der Waals surface area contributed by atoms with Crippen LogP contribution in [0.5, 0.6) is 0 Å². The first-order chi connectivity index (χ1) is 6.24. The maximum absolute atomic E-state index is 5.96. The highest BCUT2D eigenvalue weighted by Gasteiger charge is 2.00. The van der Waals surface area contributed by atoms with Gasteiger partial charge in [0.1, 0.15) is 0 Å². The quantitative estimate of drug-likeness (QED) is 0.360. The van der Waals surface area contributed by atoms with E-state index in [0.717, 1.165) is 17.1 Å². The Bertz CT molecular complexity index is 330. The van der Waals surface area contributed by atoms with E-state index in [1.807, 2.05) is 12.1 Å². The van der Waals surface area contributed by atoms with Gasteiger partial charge >= 0.3 is 0 Å². The fraction of sp³-hybridized carbons (Fsp3) is 0.200. The summed E-state index contributed by atoms with van der Waals surface area (Å²) >= 11 is 7.61. The summed E-state index contributed by atoms with van der Waals surface area (Å²) in [6.45, 7) is 0. The normalized spacial score (nSPS) is 9.54. The molecule has 0 heterocycles. The smallest absolute Gasteiger partial charge is 0.0562 e. The highest BCUT2D eigenvalue weighted by atomic mass is 35.5. The van der Waals surface area contributed by atoms with E-state index in [9.17, 15) is 0 Å². The van der Waals surface area contributed by atoms with Crippen molar-refractivity contribution in [1.29, 1.82) is 0 Å². The van der Waals surface area contributed by atoms with E-state index in [1.165, 1.54) is 0 Å². The lowest BCUT2D eigenvalue weighted by atomic mass is 10.3. The molecule has 1 aromatic carbocycles. The van der Waals surface area contributed by atoms with Gasteiger partial charge in [0.05, 0.1) is 5.02 Å². The molecule has 0 radical (unpaired) electrons. The molecule has 1 nitrogen and oxygen atoms in total. The molecule has 3 heteroatoms. The van der Waals surface area contributed by atoms with Crippen molar-refractivity contribution in [2.75, 3.05) is 11.5 Å². The molecule has 0 aliphatic rings. The van der Waals surface area contributed by atoms with Crippen LogP contribution in [-0.4, -0.2) is 5.75 Å². The number of thioether (sulfide) groups is 1. The highest BCUT2D eigenvalue weighted by molar-refractivity contribution is 7.99. The van der Waals surface area contributed by atoms with Crippen LogP contribution in [0.25, 0.3) is 0 Å². The zero-order chi connectivity index (χ0) is 9.68. The Morgan fingerprint density at radius 2 is 2.31 bits per heavy atom. The van der Waals surface area contributed by atoms with E-state index in [0.29, 0.717) is 10.7 Å². The second-order valence-corrected chi connectivity index (χ2v) is 4.04. The SMILES string of the molecule is C#CCCSc1ccc(N)cc1Cl. The van der Waals surface area contributed by atoms with Crippen molar-refractivity contribution in [1.82, 2.24) is 0 Å². The molecule has 1 aromatic rings. The van der Waals surface area contributed by atoms with Crippen LogP contribution in [0.2, 0.25) is 5.02 Å². The lowest BCUT2D eigenvalue weighted by molar-refractivity contribution is 1.29. The standard InChI is InChI=1S/C10H10ClNS/c1-2-3-6-13-10-5-4-8(12)7-9(10)11/h1,4-5,7H,3,6,12H2. The summed E-state index contributed by atoms with van der Waals surface area (Å²) < 4.78 is 0. The van der Waals surface area contributed by atoms with E-state index in [2.05, 4.69) is 5.92 Å². The Morgan fingerprint density at radius 3 is 2.92 bits per heavy atom. The Labute approximate surface area is 87.7 Å². The van der Waals surface area contributed by atoms with Crippen molar-refractivity contribution in [2.45, 2.75) is 11.3 Å². The van der Waals surface area contributed by atoms with Gasteiger partial charge in [-0.25, -0.2) is 0 Å². The number of rotatable bonds is 3. The molecule has 0 atom stereocenters. The Morgan fingerprint density at radius 1 is 1.54 bits per heavy atom. The summed E-state index contributed by atoms with van der Waals surface area (Å²) in [4.78, 5) is 1.03. The maximum atomic E-state index is 5.96. The summed E-state index contributed by atoms with van der Waals surface area (Å²) in [6, 6.07) is 5.50. The molecule has 2 N–H and O–H groups in total. The molecule has 0 spiro atoms. The fourth-order valence-corrected chi connectivity index (χ4v) is 2.01. The second kappa shape index (κ2) is 5.06. The summed E-state index contributed by atoms with van der Waals surface area (Å²) in [5.74, 6) is 3.47. The van der Waals surface area contributed by atoms with Gasteiger partial charge in [-0.1, -0.05) is 11.6 Å². The lowest BCUT2D eigenvalue weighted by Gasteiger charge is -2.02. The zero-order valence-electron chi connectivity index (χ0n) is 7.09. The van der Waals surface area contributed by atoms with Crippen LogP contribution in [0.1, 0.15) is 6.42 Å². The number of hydrogen-bond donors (Lipinski definition) is 1. The van der Waals surface area contributed by atoms with Crippen molar-refractivity contribution in [2.24, 2.45) is 0 Å². The van der Waals surface area contributed by atoms with Gasteiger partial charge in [-0.05, 0) is 18.2 Å². The van der Waals surface area contributed by atoms with E-state index < -0.39 is 0 Å². The predicted molar refractivity (Wildman–Crippen MR) is 60.0 cm³/mol. The van der Waals surface area contributed by atoms with Crippen LogP contribution >= 0.6 is 23.4 Å². The van der Waals surface area contributed by atoms with Crippen LogP contribution < -0.4 is 5.73 Å². The molecule has 0 aliphatic heterocycles. The van der Waals surface area contributed by atoms with Gasteiger partial charge in [0.25, 0.3) is 0 Å². The summed E-state index contributed by atoms with van der Waals surface area (Å²) in [5, 5.41) is 0.696. The number of nitrogen functional groups attached to an aromatic ring is 1. The average Bonchev–Trinajstić information content (AvgIpc) is 2.09. The van der Waals surface area contributed by atoms with Gasteiger partial charge < -0.3 is 5.73 Å². The van der Waals surface area contributed by atoms with Crippen LogP contribution in [0.3, 0.4) is 0 Å². The van der Waals surface area contributed by atoms with E-state index in [1.54, 1.807) is 17.8 Å². The first-order valence-corrected chi connectivity index (χ1v) is 5.21. The van der Waals surface area contributed by atoms with Gasteiger partial charge in [0, 0.05) is 22.8 Å². The Kier molecular flexibility index (Phi) is 4.01. The topological polar surface area (TPSA) is 26.0 Å². The monoisotopic (exact) mass is 211 g/mol. The van der Waals surface area contributed by atoms with Gasteiger partial charge in [-0.15, -0.1) is 24.1 Å². The van der Waals surface area contributed by atoms with Crippen molar-refractivity contribution < 1.29 is 0 Å². The van der Waals surface area contributed by atoms with Crippen LogP contribution in [0.4, 0.5) is 5.69 Å². The van der Waals surface area contributed by atoms with E-state index >= 15 is 0 Å². The number of terminal acetylenes is 1. The molecule has 0 fully saturated rings. The summed E-state index contributed by atoms with van der Waals surface area (Å²) in [7, 11) is 0. The molecule has 68 valence electrons. The largest absolute Gasteiger partial charge is 0.399 e. The second-order valence-electron chi connectivity index (χ2n) is 2.49. The number of halogens is 1. The number of anilines is 1. The van der Waals surface area contributed by atoms with Crippen LogP contribution in [-0.2, 0) is 0 Å². The van der Waals surface area contributed by atoms with E-state index in [-0.39, 0.29) is 0 Å². The maximum Gasteiger partial charge on any atom is 0.0562 e. The molecule has 13 heavy (non-hydrogen) atoms. The van der Waals surface area contributed by atoms with Crippen molar-refractivity contribution in [3.63, 3.8) is 0 Å². The highest BCUT2D eigenvalue weighted by Crippen LogP contribution is 2.28. The fourth-order valence-electron chi connectivity index (χ4n) is 0.854. The minimum absolute atomic E-state index is 0.686. The molecule has 0 saturated heterocycles. The third-order valence-electron chi connectivity index (χ3n) is 1.46. The van der Waals surface area contributed by atoms with Crippen molar-refractivity contribution in [3.8, 4) is 12.3 Å². The number of benzene rings is 1. The molecule has 1 rings (SSSR count). The van der Waals surface area contributed by atoms with Crippen molar-refractivity contribution >= 4 is 29.1 Å². The average molecular weight is 212 g/mol. The molecule has 0 amide bonds. The minimum atomic E-state index is 0.686. The lowest BCUT2D eigenvalue weighted by Crippen LogP contribution is -1.85. The molecule has 0 unspecified atom stereocenters. The summed E-state index contributed by atoms with van der Waals surface area (Å²) in [6.07, 6.45) is 5.89. The van der Waals surface area contributed by atoms with Gasteiger partial charge in [0.2, 0.25) is 0 Å². The predicted octanol–water partition coefficient (Wildman–Crippen LogP) is 3.04. The molecule has 0 aromatic heterocycles. The van der Waals surface area contributed by atoms with Crippen molar-refractivity contribution in [3.05, 3.63) is 23.2 Å². The molecule has 0 bridgehead atoms. The molecular formula is C10H10ClNS. The first-order valence-electron chi connectivity index (χ1n) is 3.85. The third kappa shape index (κ3) is 3.22. The molecule has 0 aliphatic carbocycles. The summed E-state index contributed by atoms with van der Waals surface area (Å²) in [5.41, 5.74) is 6.24.